The number of hydrogen-bond donors (Lipinski definition) is 1. The predicted octanol–water partition coefficient (Wildman–Crippen LogP) is 1.05. The van der Waals surface area contributed by atoms with Crippen LogP contribution in [0.4, 0.5) is 5.69 Å². The summed E-state index contributed by atoms with van der Waals surface area (Å²) in [7, 11) is -3.25. The molecule has 0 radical (unpaired) electrons. The van der Waals surface area contributed by atoms with E-state index in [1.807, 2.05) is 0 Å². The summed E-state index contributed by atoms with van der Waals surface area (Å²) < 4.78 is 25.2. The van der Waals surface area contributed by atoms with Crippen LogP contribution in [0.3, 0.4) is 0 Å². The van der Waals surface area contributed by atoms with Crippen LogP contribution in [0, 0.1) is 0 Å². The Hall–Kier alpha value is -1.31. The number of sulfonamides is 1. The van der Waals surface area contributed by atoms with Crippen molar-refractivity contribution < 1.29 is 13.2 Å². The van der Waals surface area contributed by atoms with Crippen LogP contribution >= 0.6 is 11.6 Å². The van der Waals surface area contributed by atoms with Gasteiger partial charge in [0, 0.05) is 25.7 Å². The second-order valence-corrected chi connectivity index (χ2v) is 8.13. The second-order valence-electron chi connectivity index (χ2n) is 5.71. The van der Waals surface area contributed by atoms with Crippen molar-refractivity contribution in [2.24, 2.45) is 5.73 Å². The smallest absolute Gasteiger partial charge is 0.255 e. The zero-order chi connectivity index (χ0) is 15.9. The van der Waals surface area contributed by atoms with Crippen molar-refractivity contribution in [3.05, 3.63) is 28.8 Å². The molecular weight excluding hydrogens is 326 g/mol. The van der Waals surface area contributed by atoms with Crippen LogP contribution in [0.2, 0.25) is 5.02 Å². The highest BCUT2D eigenvalue weighted by Crippen LogP contribution is 2.29. The molecule has 2 saturated heterocycles. The van der Waals surface area contributed by atoms with Gasteiger partial charge < -0.3 is 10.6 Å². The number of carbonyl (C=O) groups excluding carboxylic acids is 1. The number of likely N-dealkylation sites (tertiary alicyclic amines) is 1. The van der Waals surface area contributed by atoms with E-state index < -0.39 is 10.0 Å². The molecule has 2 fully saturated rings. The highest BCUT2D eigenvalue weighted by atomic mass is 35.5. The summed E-state index contributed by atoms with van der Waals surface area (Å²) in [4.78, 5) is 14.1. The zero-order valence-electron chi connectivity index (χ0n) is 12.0. The van der Waals surface area contributed by atoms with E-state index in [2.05, 4.69) is 0 Å². The number of carbonyl (C=O) groups is 1. The number of hydrogen-bond acceptors (Lipinski definition) is 4. The molecule has 1 atom stereocenters. The van der Waals surface area contributed by atoms with Crippen LogP contribution in [0.5, 0.6) is 0 Å². The Morgan fingerprint density at radius 1 is 1.32 bits per heavy atom. The fourth-order valence-electron chi connectivity index (χ4n) is 2.90. The van der Waals surface area contributed by atoms with Crippen molar-refractivity contribution in [2.45, 2.75) is 18.9 Å². The van der Waals surface area contributed by atoms with Gasteiger partial charge in [0.15, 0.2) is 0 Å². The molecule has 1 amide bonds. The average Bonchev–Trinajstić information content (AvgIpc) is 3.03. The summed E-state index contributed by atoms with van der Waals surface area (Å²) in [5.74, 6) is -0.00877. The van der Waals surface area contributed by atoms with Gasteiger partial charge in [-0.25, -0.2) is 8.42 Å². The minimum atomic E-state index is -3.25. The van der Waals surface area contributed by atoms with Gasteiger partial charge in [-0.1, -0.05) is 11.6 Å². The molecule has 3 rings (SSSR count). The summed E-state index contributed by atoms with van der Waals surface area (Å²) in [6.45, 7) is 1.60. The molecule has 0 saturated carbocycles. The summed E-state index contributed by atoms with van der Waals surface area (Å²) in [5.41, 5.74) is 6.71. The van der Waals surface area contributed by atoms with Gasteiger partial charge in [-0.3, -0.25) is 9.10 Å². The molecular formula is C14H18ClN3O3S. The third-order valence-electron chi connectivity index (χ3n) is 4.08. The maximum absolute atomic E-state index is 12.4. The van der Waals surface area contributed by atoms with Gasteiger partial charge in [0.05, 0.1) is 22.0 Å². The number of nitrogens with zero attached hydrogens (tertiary/aromatic N) is 2. The number of halogens is 1. The molecule has 0 unspecified atom stereocenters. The summed E-state index contributed by atoms with van der Waals surface area (Å²) in [6.07, 6.45) is 1.39. The van der Waals surface area contributed by atoms with E-state index in [-0.39, 0.29) is 22.7 Å². The number of benzene rings is 1. The zero-order valence-corrected chi connectivity index (χ0v) is 13.6. The molecule has 22 heavy (non-hydrogen) atoms. The molecule has 6 nitrogen and oxygen atoms in total. The molecule has 1 aromatic rings. The van der Waals surface area contributed by atoms with Crippen molar-refractivity contribution in [3.8, 4) is 0 Å². The van der Waals surface area contributed by atoms with Crippen LogP contribution in [0.15, 0.2) is 18.2 Å². The standard InChI is InChI=1S/C14H18ClN3O3S/c15-13-8-11(18-5-1-7-22(18,20)21)2-3-12(13)14(19)17-6-4-10(16)9-17/h2-3,8,10H,1,4-7,9,16H2/t10-/m0/s1. The molecule has 1 aromatic carbocycles. The van der Waals surface area contributed by atoms with Gasteiger partial charge in [-0.2, -0.15) is 0 Å². The van der Waals surface area contributed by atoms with Gasteiger partial charge in [0.1, 0.15) is 0 Å². The van der Waals surface area contributed by atoms with E-state index >= 15 is 0 Å². The summed E-state index contributed by atoms with van der Waals surface area (Å²) in [5, 5.41) is 0.269. The van der Waals surface area contributed by atoms with Gasteiger partial charge in [-0.05, 0) is 31.0 Å². The van der Waals surface area contributed by atoms with Gasteiger partial charge in [0.2, 0.25) is 10.0 Å². The fraction of sp³-hybridized carbons (Fsp3) is 0.500. The highest BCUT2D eigenvalue weighted by Gasteiger charge is 2.30. The van der Waals surface area contributed by atoms with Crippen molar-refractivity contribution in [2.75, 3.05) is 29.7 Å². The number of anilines is 1. The highest BCUT2D eigenvalue weighted by molar-refractivity contribution is 7.93. The lowest BCUT2D eigenvalue weighted by atomic mass is 10.1. The molecule has 2 aliphatic rings. The monoisotopic (exact) mass is 343 g/mol. The van der Waals surface area contributed by atoms with E-state index in [4.69, 9.17) is 17.3 Å². The van der Waals surface area contributed by atoms with Crippen LogP contribution in [0.1, 0.15) is 23.2 Å². The third-order valence-corrected chi connectivity index (χ3v) is 6.26. The summed E-state index contributed by atoms with van der Waals surface area (Å²) in [6, 6.07) is 4.79. The lowest BCUT2D eigenvalue weighted by molar-refractivity contribution is 0.0791. The van der Waals surface area contributed by atoms with Gasteiger partial charge in [-0.15, -0.1) is 0 Å². The maximum atomic E-state index is 12.4. The first-order valence-electron chi connectivity index (χ1n) is 7.23. The first-order valence-corrected chi connectivity index (χ1v) is 9.22. The Morgan fingerprint density at radius 3 is 2.64 bits per heavy atom. The Morgan fingerprint density at radius 2 is 2.09 bits per heavy atom. The van der Waals surface area contributed by atoms with Gasteiger partial charge >= 0.3 is 0 Å². The first-order chi connectivity index (χ1) is 10.4. The quantitative estimate of drug-likeness (QED) is 0.870. The Balaban J connectivity index is 1.85. The minimum absolute atomic E-state index is 0.0109. The van der Waals surface area contributed by atoms with Crippen LogP contribution in [-0.4, -0.2) is 50.7 Å². The molecule has 2 heterocycles. The molecule has 0 bridgehead atoms. The second kappa shape index (κ2) is 5.72. The fourth-order valence-corrected chi connectivity index (χ4v) is 4.72. The van der Waals surface area contributed by atoms with E-state index in [1.165, 1.54) is 4.31 Å². The molecule has 0 spiro atoms. The number of amides is 1. The lowest BCUT2D eigenvalue weighted by Gasteiger charge is -2.20. The van der Waals surface area contributed by atoms with Crippen LogP contribution < -0.4 is 10.0 Å². The number of rotatable bonds is 2. The SMILES string of the molecule is N[C@H]1CCN(C(=O)c2ccc(N3CCCS3(=O)=O)cc2Cl)C1. The number of nitrogens with two attached hydrogens (primary N) is 1. The van der Waals surface area contributed by atoms with Crippen LogP contribution in [0.25, 0.3) is 0 Å². The van der Waals surface area contributed by atoms with Gasteiger partial charge in [0.25, 0.3) is 5.91 Å². The molecule has 120 valence electrons. The van der Waals surface area contributed by atoms with Crippen molar-refractivity contribution in [1.82, 2.24) is 4.90 Å². The lowest BCUT2D eigenvalue weighted by Crippen LogP contribution is -2.32. The average molecular weight is 344 g/mol. The molecule has 8 heteroatoms. The largest absolute Gasteiger partial charge is 0.337 e. The van der Waals surface area contributed by atoms with Crippen molar-refractivity contribution >= 4 is 33.2 Å². The van der Waals surface area contributed by atoms with E-state index in [9.17, 15) is 13.2 Å². The van der Waals surface area contributed by atoms with E-state index in [0.29, 0.717) is 37.3 Å². The normalized spacial score (nSPS) is 24.0. The van der Waals surface area contributed by atoms with E-state index in [0.717, 1.165) is 6.42 Å². The Labute approximate surface area is 134 Å². The molecule has 0 aliphatic carbocycles. The minimum Gasteiger partial charge on any atom is -0.337 e. The Bertz CT molecular complexity index is 707. The molecule has 0 aromatic heterocycles. The molecule has 2 N–H and O–H groups in total. The van der Waals surface area contributed by atoms with Crippen LogP contribution in [-0.2, 0) is 10.0 Å². The molecule has 2 aliphatic heterocycles. The van der Waals surface area contributed by atoms with Crippen molar-refractivity contribution in [3.63, 3.8) is 0 Å². The third kappa shape index (κ3) is 2.80. The van der Waals surface area contributed by atoms with E-state index in [1.54, 1.807) is 23.1 Å². The van der Waals surface area contributed by atoms with Crippen molar-refractivity contribution in [1.29, 1.82) is 0 Å². The first kappa shape index (κ1) is 15.6. The summed E-state index contributed by atoms with van der Waals surface area (Å²) >= 11 is 6.21. The Kier molecular flexibility index (Phi) is 4.05. The maximum Gasteiger partial charge on any atom is 0.255 e. The predicted molar refractivity (Wildman–Crippen MR) is 85.7 cm³/mol. The topological polar surface area (TPSA) is 83.7 Å².